The van der Waals surface area contributed by atoms with Gasteiger partial charge in [0.15, 0.2) is 0 Å². The maximum Gasteiger partial charge on any atom is 0.254 e. The Kier molecular flexibility index (Phi) is 7.65. The third-order valence-corrected chi connectivity index (χ3v) is 6.92. The average molecular weight is 499 g/mol. The van der Waals surface area contributed by atoms with Gasteiger partial charge in [0.05, 0.1) is 6.04 Å². The van der Waals surface area contributed by atoms with Crippen molar-refractivity contribution in [1.29, 1.82) is 0 Å². The molecule has 2 amide bonds. The van der Waals surface area contributed by atoms with Crippen LogP contribution in [0.1, 0.15) is 26.8 Å². The van der Waals surface area contributed by atoms with Crippen LogP contribution in [0, 0.1) is 5.82 Å². The van der Waals surface area contributed by atoms with Gasteiger partial charge in [-0.25, -0.2) is 4.39 Å². The van der Waals surface area contributed by atoms with Crippen molar-refractivity contribution in [2.75, 3.05) is 26.2 Å². The minimum Gasteiger partial charge on any atom is -0.491 e. The molecule has 176 valence electrons. The number of thiophene rings is 1. The Morgan fingerprint density at radius 1 is 1.24 bits per heavy atom. The number of rotatable bonds is 8. The molecule has 1 aromatic heterocycles. The van der Waals surface area contributed by atoms with Crippen molar-refractivity contribution in [1.82, 2.24) is 9.80 Å². The summed E-state index contributed by atoms with van der Waals surface area (Å²) in [6.07, 6.45) is 2.30. The summed E-state index contributed by atoms with van der Waals surface area (Å²) < 4.78 is 19.7. The predicted octanol–water partition coefficient (Wildman–Crippen LogP) is 5.37. The molecule has 0 saturated carbocycles. The van der Waals surface area contributed by atoms with E-state index in [1.165, 1.54) is 34.0 Å². The topological polar surface area (TPSA) is 49.9 Å². The van der Waals surface area contributed by atoms with Crippen molar-refractivity contribution < 1.29 is 18.7 Å². The standard InChI is InChI=1S/C26H24ClFN2O3S/c1-2-12-29(26(32)18-4-3-5-20(28)15-18)16-25(31)30-13-10-24-22(11-14-34-24)23(30)17-33-21-8-6-19(27)7-9-21/h2-9,11,14-15,23H,1,10,12-13,16-17H2/t23-/m0/s1. The molecule has 8 heteroatoms. The Labute approximate surface area is 207 Å². The molecule has 0 aliphatic carbocycles. The Hall–Kier alpha value is -3.16. The lowest BCUT2D eigenvalue weighted by Gasteiger charge is -2.37. The monoisotopic (exact) mass is 498 g/mol. The van der Waals surface area contributed by atoms with E-state index in [1.807, 2.05) is 11.4 Å². The zero-order chi connectivity index (χ0) is 24.1. The molecule has 1 aliphatic heterocycles. The van der Waals surface area contributed by atoms with Gasteiger partial charge in [0.2, 0.25) is 5.91 Å². The number of amides is 2. The maximum atomic E-state index is 13.7. The zero-order valence-electron chi connectivity index (χ0n) is 18.5. The van der Waals surface area contributed by atoms with Gasteiger partial charge >= 0.3 is 0 Å². The van der Waals surface area contributed by atoms with Gasteiger partial charge in [0, 0.05) is 28.6 Å². The molecule has 34 heavy (non-hydrogen) atoms. The van der Waals surface area contributed by atoms with Gasteiger partial charge in [0.25, 0.3) is 5.91 Å². The van der Waals surface area contributed by atoms with E-state index in [-0.39, 0.29) is 37.2 Å². The largest absolute Gasteiger partial charge is 0.491 e. The summed E-state index contributed by atoms with van der Waals surface area (Å²) >= 11 is 7.63. The van der Waals surface area contributed by atoms with Gasteiger partial charge in [-0.15, -0.1) is 17.9 Å². The molecular formula is C26H24ClFN2O3S. The first-order valence-electron chi connectivity index (χ1n) is 10.9. The molecule has 4 rings (SSSR count). The number of carbonyl (C=O) groups excluding carboxylic acids is 2. The van der Waals surface area contributed by atoms with Crippen LogP contribution in [0.2, 0.25) is 5.02 Å². The molecule has 5 nitrogen and oxygen atoms in total. The molecule has 0 spiro atoms. The Morgan fingerprint density at radius 3 is 2.76 bits per heavy atom. The molecule has 0 fully saturated rings. The summed E-state index contributed by atoms with van der Waals surface area (Å²) in [5, 5.41) is 2.64. The molecule has 0 N–H and O–H groups in total. The number of halogens is 2. The van der Waals surface area contributed by atoms with Crippen molar-refractivity contribution in [2.24, 2.45) is 0 Å². The second-order valence-electron chi connectivity index (χ2n) is 7.90. The normalized spacial score (nSPS) is 14.9. The third kappa shape index (κ3) is 5.48. The number of carbonyl (C=O) groups is 2. The average Bonchev–Trinajstić information content (AvgIpc) is 3.32. The lowest BCUT2D eigenvalue weighted by atomic mass is 10.0. The van der Waals surface area contributed by atoms with E-state index < -0.39 is 11.7 Å². The minimum atomic E-state index is -0.504. The summed E-state index contributed by atoms with van der Waals surface area (Å²) in [6.45, 7) is 4.53. The second-order valence-corrected chi connectivity index (χ2v) is 9.34. The highest BCUT2D eigenvalue weighted by molar-refractivity contribution is 7.10. The first-order valence-corrected chi connectivity index (χ1v) is 12.1. The highest BCUT2D eigenvalue weighted by atomic mass is 35.5. The van der Waals surface area contributed by atoms with Crippen LogP contribution in [0.4, 0.5) is 4.39 Å². The first-order chi connectivity index (χ1) is 16.5. The summed E-state index contributed by atoms with van der Waals surface area (Å²) in [5.74, 6) is -0.465. The van der Waals surface area contributed by atoms with Crippen molar-refractivity contribution in [3.63, 3.8) is 0 Å². The number of fused-ring (bicyclic) bond motifs is 1. The molecule has 0 bridgehead atoms. The fraction of sp³-hybridized carbons (Fsp3) is 0.231. The van der Waals surface area contributed by atoms with Gasteiger partial charge in [-0.2, -0.15) is 0 Å². The van der Waals surface area contributed by atoms with Crippen LogP contribution in [0.5, 0.6) is 5.75 Å². The van der Waals surface area contributed by atoms with E-state index in [9.17, 15) is 14.0 Å². The maximum absolute atomic E-state index is 13.7. The van der Waals surface area contributed by atoms with Gasteiger partial charge in [-0.05, 0) is 65.9 Å². The fourth-order valence-corrected chi connectivity index (χ4v) is 5.07. The van der Waals surface area contributed by atoms with Crippen molar-refractivity contribution in [3.8, 4) is 5.75 Å². The van der Waals surface area contributed by atoms with Crippen LogP contribution < -0.4 is 4.74 Å². The highest BCUT2D eigenvalue weighted by Gasteiger charge is 2.33. The SMILES string of the molecule is C=CCN(CC(=O)N1CCc2sccc2[C@@H]1COc1ccc(Cl)cc1)C(=O)c1cccc(F)c1. The van der Waals surface area contributed by atoms with Gasteiger partial charge in [-0.3, -0.25) is 9.59 Å². The Bertz CT molecular complexity index is 1180. The number of nitrogens with zero attached hydrogens (tertiary/aromatic N) is 2. The highest BCUT2D eigenvalue weighted by Crippen LogP contribution is 2.34. The molecule has 0 saturated heterocycles. The number of hydrogen-bond donors (Lipinski definition) is 0. The van der Waals surface area contributed by atoms with Crippen LogP contribution in [-0.2, 0) is 11.2 Å². The lowest BCUT2D eigenvalue weighted by Crippen LogP contribution is -2.47. The fourth-order valence-electron chi connectivity index (χ4n) is 4.01. The molecule has 1 aliphatic rings. The summed E-state index contributed by atoms with van der Waals surface area (Å²) in [4.78, 5) is 30.8. The second kappa shape index (κ2) is 10.8. The van der Waals surface area contributed by atoms with E-state index in [4.69, 9.17) is 16.3 Å². The van der Waals surface area contributed by atoms with Crippen molar-refractivity contribution in [3.05, 3.63) is 99.5 Å². The molecule has 2 heterocycles. The predicted molar refractivity (Wildman–Crippen MR) is 132 cm³/mol. The first kappa shape index (κ1) is 24.0. The molecule has 3 aromatic rings. The Balaban J connectivity index is 1.52. The quantitative estimate of drug-likeness (QED) is 0.392. The minimum absolute atomic E-state index is 0.141. The van der Waals surface area contributed by atoms with Crippen LogP contribution in [0.25, 0.3) is 0 Å². The number of ether oxygens (including phenoxy) is 1. The molecule has 2 aromatic carbocycles. The number of benzene rings is 2. The van der Waals surface area contributed by atoms with Crippen LogP contribution in [0.15, 0.2) is 72.6 Å². The van der Waals surface area contributed by atoms with Gasteiger partial charge in [-0.1, -0.05) is 23.7 Å². The molecular weight excluding hydrogens is 475 g/mol. The molecule has 0 radical (unpaired) electrons. The van der Waals surface area contributed by atoms with Crippen molar-refractivity contribution in [2.45, 2.75) is 12.5 Å². The van der Waals surface area contributed by atoms with Gasteiger partial charge in [0.1, 0.15) is 24.7 Å². The smallest absolute Gasteiger partial charge is 0.254 e. The third-order valence-electron chi connectivity index (χ3n) is 5.67. The van der Waals surface area contributed by atoms with E-state index in [0.717, 1.165) is 12.0 Å². The zero-order valence-corrected chi connectivity index (χ0v) is 20.0. The summed E-state index contributed by atoms with van der Waals surface area (Å²) in [7, 11) is 0. The number of hydrogen-bond acceptors (Lipinski definition) is 4. The van der Waals surface area contributed by atoms with E-state index >= 15 is 0 Å². The lowest BCUT2D eigenvalue weighted by molar-refractivity contribution is -0.135. The van der Waals surface area contributed by atoms with Gasteiger partial charge < -0.3 is 14.5 Å². The van der Waals surface area contributed by atoms with Crippen LogP contribution in [-0.4, -0.2) is 47.9 Å². The molecule has 0 unspecified atom stereocenters. The molecule has 1 atom stereocenters. The van der Waals surface area contributed by atoms with Crippen LogP contribution in [0.3, 0.4) is 0 Å². The van der Waals surface area contributed by atoms with E-state index in [0.29, 0.717) is 17.3 Å². The van der Waals surface area contributed by atoms with E-state index in [2.05, 4.69) is 6.58 Å². The summed E-state index contributed by atoms with van der Waals surface area (Å²) in [6, 6.07) is 14.3. The Morgan fingerprint density at radius 2 is 2.03 bits per heavy atom. The van der Waals surface area contributed by atoms with Crippen LogP contribution >= 0.6 is 22.9 Å². The summed E-state index contributed by atoms with van der Waals surface area (Å²) in [5.41, 5.74) is 1.25. The van der Waals surface area contributed by atoms with Crippen molar-refractivity contribution >= 4 is 34.8 Å². The van der Waals surface area contributed by atoms with E-state index in [1.54, 1.807) is 46.6 Å².